The molecule has 8 aromatic carbocycles. The molecule has 0 fully saturated rings. The van der Waals surface area contributed by atoms with Gasteiger partial charge in [0.1, 0.15) is 0 Å². The number of aryl methyl sites for hydroxylation is 2. The molecular weight excluding hydrogens is 1890 g/mol. The number of rotatable bonds is 14. The van der Waals surface area contributed by atoms with E-state index in [0.717, 1.165) is 135 Å². The van der Waals surface area contributed by atoms with Gasteiger partial charge in [0, 0.05) is 79.5 Å². The Hall–Kier alpha value is -10.6. The SMILES string of the molecule is CC(C)(C)c1cc(N(c2[c-]c(-c3ccccn3)ccc2)c2[c-]c(-c3ccccn3)ccc2)cc(C(C)(C)C)c1.CC(C)(C)c1ccc(N(c2[c-]c(-c3ccccn3)ccc2)c2[c-]c(-c3ccccn3)ccc2)cc1.Cn1c(-c2cccc(Cc3cccc(-c4[c-]c5ccccc5n4C)n3)n2)[c-]c2ccccc21.[Pt+2].[Pt+2].[Pt+2]. The van der Waals surface area contributed by atoms with Crippen molar-refractivity contribution in [3.8, 4) is 67.8 Å². The molecule has 552 valence electrons. The van der Waals surface area contributed by atoms with Crippen molar-refractivity contribution in [2.24, 2.45) is 14.1 Å². The zero-order valence-corrected chi connectivity index (χ0v) is 70.2. The Morgan fingerprint density at radius 3 is 0.918 bits per heavy atom. The Kier molecular flexibility index (Phi) is 25.9. The van der Waals surface area contributed by atoms with E-state index in [9.17, 15) is 0 Å². The molecule has 110 heavy (non-hydrogen) atoms. The van der Waals surface area contributed by atoms with Gasteiger partial charge in [0.15, 0.2) is 0 Å². The van der Waals surface area contributed by atoms with Crippen LogP contribution in [0.15, 0.2) is 298 Å². The minimum atomic E-state index is -0.0132. The smallest absolute Gasteiger partial charge is 0.397 e. The molecule has 8 aromatic heterocycles. The van der Waals surface area contributed by atoms with Gasteiger partial charge >= 0.3 is 63.2 Å². The largest absolute Gasteiger partial charge is 2.00 e. The zero-order chi connectivity index (χ0) is 74.2. The summed E-state index contributed by atoms with van der Waals surface area (Å²) in [7, 11) is 4.13. The van der Waals surface area contributed by atoms with E-state index in [-0.39, 0.29) is 79.4 Å². The van der Waals surface area contributed by atoms with Crippen LogP contribution in [-0.2, 0) is 100.0 Å². The van der Waals surface area contributed by atoms with Gasteiger partial charge in [-0.2, -0.15) is 0 Å². The fourth-order valence-corrected chi connectivity index (χ4v) is 13.1. The Morgan fingerprint density at radius 1 is 0.291 bits per heavy atom. The van der Waals surface area contributed by atoms with Crippen LogP contribution in [0.2, 0.25) is 0 Å². The van der Waals surface area contributed by atoms with Crippen molar-refractivity contribution in [3.05, 3.63) is 362 Å². The quantitative estimate of drug-likeness (QED) is 0.0994. The van der Waals surface area contributed by atoms with Gasteiger partial charge in [-0.1, -0.05) is 178 Å². The van der Waals surface area contributed by atoms with Gasteiger partial charge in [-0.3, -0.25) is 9.97 Å². The molecule has 16 aromatic rings. The number of hydrogen-bond donors (Lipinski definition) is 0. The number of aromatic nitrogens is 8. The van der Waals surface area contributed by atoms with Gasteiger partial charge in [0.25, 0.3) is 0 Å². The number of anilines is 6. The first-order valence-electron chi connectivity index (χ1n) is 36.2. The molecule has 16 rings (SSSR count). The summed E-state index contributed by atoms with van der Waals surface area (Å²) >= 11 is 0. The molecule has 0 N–H and O–H groups in total. The average molecular weight is 1980 g/mol. The fourth-order valence-electron chi connectivity index (χ4n) is 13.1. The molecule has 0 amide bonds. The summed E-state index contributed by atoms with van der Waals surface area (Å²) in [5.74, 6) is 0. The third-order valence-corrected chi connectivity index (χ3v) is 18.9. The molecule has 0 aliphatic rings. The molecule has 0 unspecified atom stereocenters. The van der Waals surface area contributed by atoms with E-state index in [1.54, 1.807) is 0 Å². The van der Waals surface area contributed by atoms with E-state index in [1.165, 1.54) is 16.7 Å². The Morgan fingerprint density at radius 2 is 0.600 bits per heavy atom. The summed E-state index contributed by atoms with van der Waals surface area (Å²) in [4.78, 5) is 32.5. The van der Waals surface area contributed by atoms with Crippen LogP contribution in [0.3, 0.4) is 0 Å². The fraction of sp³-hybridized carbons (Fsp3) is 0.155. The van der Waals surface area contributed by atoms with E-state index >= 15 is 0 Å². The molecule has 8 heterocycles. The topological polar surface area (TPSA) is 93.7 Å². The molecular formula is C97H84N10Pt3. The third kappa shape index (κ3) is 18.8. The maximum absolute atomic E-state index is 4.94. The van der Waals surface area contributed by atoms with Crippen molar-refractivity contribution in [1.29, 1.82) is 0 Å². The van der Waals surface area contributed by atoms with E-state index in [4.69, 9.17) is 9.97 Å². The summed E-state index contributed by atoms with van der Waals surface area (Å²) in [6.45, 7) is 20.3. The summed E-state index contributed by atoms with van der Waals surface area (Å²) in [5, 5.41) is 2.20. The predicted molar refractivity (Wildman–Crippen MR) is 439 cm³/mol. The Labute approximate surface area is 691 Å². The van der Waals surface area contributed by atoms with E-state index in [0.29, 0.717) is 6.42 Å². The molecule has 0 bridgehead atoms. The first kappa shape index (κ1) is 80.4. The van der Waals surface area contributed by atoms with Gasteiger partial charge in [-0.15, -0.1) is 166 Å². The standard InChI is InChI=1S/C36H35N3.C32H27N3.C29H22N4.3Pt/c1-35(2,3)28-23-29(36(4,5)6)25-32(24-28)39(30-15-11-13-26(21-30)33-17-7-9-19-37-33)31-16-12-14-27(22-31)34-18-8-10-20-38-34;1-32(2,3)26-16-18-27(19-17-26)35(28-12-8-10-24(22-28)30-14-4-6-20-33-30)29-13-9-11-25(23-29)31-15-5-7-21-34-31;1-32-26-15-5-3-9-20(26)17-28(32)24-13-7-11-22(30-24)19-23-12-8-14-25(31-23)29-18-21-10-4-6-16-27(21)33(29)2;;;/h7-20,23-25H,1-6H3;4-21H,1-3H3;3-16H,19H2,1-2H3;;;/q3*-2;3*+2. The van der Waals surface area contributed by atoms with Crippen molar-refractivity contribution in [2.75, 3.05) is 9.80 Å². The van der Waals surface area contributed by atoms with E-state index in [2.05, 4.69) is 315 Å². The predicted octanol–water partition coefficient (Wildman–Crippen LogP) is 23.6. The minimum Gasteiger partial charge on any atom is -0.397 e. The second kappa shape index (κ2) is 35.4. The van der Waals surface area contributed by atoms with Gasteiger partial charge in [-0.05, 0) is 162 Å². The van der Waals surface area contributed by atoms with Crippen LogP contribution in [0, 0.1) is 36.4 Å². The van der Waals surface area contributed by atoms with Crippen LogP contribution < -0.4 is 9.80 Å². The number of fused-ring (bicyclic) bond motifs is 2. The number of hydrogen-bond acceptors (Lipinski definition) is 8. The maximum atomic E-state index is 4.94. The minimum absolute atomic E-state index is 0. The molecule has 0 radical (unpaired) electrons. The van der Waals surface area contributed by atoms with Gasteiger partial charge in [0.2, 0.25) is 0 Å². The normalized spacial score (nSPS) is 11.2. The number of para-hydroxylation sites is 2. The van der Waals surface area contributed by atoms with Crippen molar-refractivity contribution < 1.29 is 63.2 Å². The van der Waals surface area contributed by atoms with Crippen molar-refractivity contribution in [3.63, 3.8) is 0 Å². The van der Waals surface area contributed by atoms with Gasteiger partial charge in [0.05, 0.1) is 0 Å². The number of nitrogens with zero attached hydrogens (tertiary/aromatic N) is 10. The summed E-state index contributed by atoms with van der Waals surface area (Å²) in [5.41, 5.74) is 25.2. The third-order valence-electron chi connectivity index (χ3n) is 18.9. The summed E-state index contributed by atoms with van der Waals surface area (Å²) < 4.78 is 4.30. The van der Waals surface area contributed by atoms with Gasteiger partial charge in [-0.25, -0.2) is 0 Å². The molecule has 0 aliphatic carbocycles. The van der Waals surface area contributed by atoms with Crippen LogP contribution in [-0.4, -0.2) is 39.0 Å². The Bertz CT molecular complexity index is 5410. The van der Waals surface area contributed by atoms with Crippen LogP contribution in [0.5, 0.6) is 0 Å². The van der Waals surface area contributed by atoms with Crippen LogP contribution in [0.1, 0.15) is 90.4 Å². The zero-order valence-electron chi connectivity index (χ0n) is 63.4. The van der Waals surface area contributed by atoms with Crippen molar-refractivity contribution in [2.45, 2.75) is 85.0 Å². The van der Waals surface area contributed by atoms with Crippen molar-refractivity contribution >= 4 is 55.9 Å². The van der Waals surface area contributed by atoms with Gasteiger partial charge < -0.3 is 38.9 Å². The average Bonchev–Trinajstić information content (AvgIpc) is 1.53. The molecule has 0 atom stereocenters. The molecule has 0 saturated carbocycles. The summed E-state index contributed by atoms with van der Waals surface area (Å²) in [6, 6.07) is 115. The second-order valence-corrected chi connectivity index (χ2v) is 29.7. The first-order valence-corrected chi connectivity index (χ1v) is 36.2. The van der Waals surface area contributed by atoms with Crippen LogP contribution >= 0.6 is 0 Å². The first-order chi connectivity index (χ1) is 51.7. The molecule has 0 spiro atoms. The molecule has 10 nitrogen and oxygen atoms in total. The van der Waals surface area contributed by atoms with Crippen molar-refractivity contribution in [1.82, 2.24) is 39.0 Å². The Balaban J connectivity index is 0.000000162. The summed E-state index contributed by atoms with van der Waals surface area (Å²) in [6.07, 6.45) is 7.92. The molecule has 13 heteroatoms. The van der Waals surface area contributed by atoms with E-state index < -0.39 is 0 Å². The van der Waals surface area contributed by atoms with Crippen LogP contribution in [0.25, 0.3) is 89.6 Å². The molecule has 0 aliphatic heterocycles. The van der Waals surface area contributed by atoms with Crippen LogP contribution in [0.4, 0.5) is 34.1 Å². The monoisotopic (exact) mass is 1970 g/mol. The number of benzene rings is 8. The second-order valence-electron chi connectivity index (χ2n) is 29.7. The van der Waals surface area contributed by atoms with E-state index in [1.807, 2.05) is 134 Å². The maximum Gasteiger partial charge on any atom is 2.00 e. The molecule has 0 saturated heterocycles. The number of pyridine rings is 6.